The van der Waals surface area contributed by atoms with Crippen LogP contribution in [0.25, 0.3) is 10.9 Å². The number of piperidine rings is 1. The summed E-state index contributed by atoms with van der Waals surface area (Å²) in [5.74, 6) is -5.80. The van der Waals surface area contributed by atoms with Crippen LogP contribution in [0.1, 0.15) is 17.5 Å². The Morgan fingerprint density at radius 1 is 1.34 bits per heavy atom. The summed E-state index contributed by atoms with van der Waals surface area (Å²) in [4.78, 5) is 25.8. The van der Waals surface area contributed by atoms with Crippen LogP contribution in [0.4, 0.5) is 22.0 Å². The number of fused-ring (bicyclic) bond motifs is 1. The number of aliphatic carboxylic acids is 1. The number of H-pyrrole nitrogens is 1. The van der Waals surface area contributed by atoms with Gasteiger partial charge in [-0.15, -0.1) is 0 Å². The number of halogens is 5. The molecular weight excluding hydrogens is 401 g/mol. The molecule has 29 heavy (non-hydrogen) atoms. The number of carboxylic acid groups (broad SMARTS) is 1. The average Bonchev–Trinajstić information content (AvgIpc) is 2.99. The van der Waals surface area contributed by atoms with Gasteiger partial charge in [-0.05, 0) is 24.6 Å². The molecule has 1 aromatic heterocycles. The maximum atomic E-state index is 13.4. The first kappa shape index (κ1) is 22.6. The highest BCUT2D eigenvalue weighted by molar-refractivity contribution is 5.89. The summed E-state index contributed by atoms with van der Waals surface area (Å²) >= 11 is 0. The second-order valence-electron chi connectivity index (χ2n) is 6.80. The van der Waals surface area contributed by atoms with Crippen molar-refractivity contribution < 1.29 is 36.6 Å². The van der Waals surface area contributed by atoms with Gasteiger partial charge in [0.05, 0.1) is 12.5 Å². The molecule has 0 spiro atoms. The quantitative estimate of drug-likeness (QED) is 0.650. The smallest absolute Gasteiger partial charge is 0.475 e. The maximum Gasteiger partial charge on any atom is 0.490 e. The Balaban J connectivity index is 0.000000370. The van der Waals surface area contributed by atoms with E-state index in [1.54, 1.807) is 6.20 Å². The molecule has 2 aromatic rings. The van der Waals surface area contributed by atoms with Crippen molar-refractivity contribution in [3.8, 4) is 0 Å². The lowest BCUT2D eigenvalue weighted by Gasteiger charge is -2.36. The number of likely N-dealkylation sites (tertiary alicyclic amines) is 1. The Bertz CT molecular complexity index is 894. The molecule has 0 aliphatic carbocycles. The number of alkyl halides is 5. The van der Waals surface area contributed by atoms with Crippen molar-refractivity contribution in [2.45, 2.75) is 37.9 Å². The van der Waals surface area contributed by atoms with Crippen LogP contribution in [0.5, 0.6) is 0 Å². The van der Waals surface area contributed by atoms with Gasteiger partial charge in [0, 0.05) is 36.6 Å². The lowest BCUT2D eigenvalue weighted by atomic mass is 10.0. The average molecular weight is 421 g/mol. The van der Waals surface area contributed by atoms with Crippen LogP contribution in [0.15, 0.2) is 24.4 Å². The van der Waals surface area contributed by atoms with Crippen LogP contribution in [-0.4, -0.2) is 58.1 Å². The van der Waals surface area contributed by atoms with Gasteiger partial charge < -0.3 is 20.7 Å². The number of carbonyl (C=O) groups excluding carboxylic acids is 1. The number of aryl methyl sites for hydroxylation is 1. The third-order valence-corrected chi connectivity index (χ3v) is 4.53. The molecule has 1 aliphatic rings. The number of nitrogens with one attached hydrogen (secondary N) is 1. The molecule has 4 N–H and O–H groups in total. The van der Waals surface area contributed by atoms with E-state index < -0.39 is 24.1 Å². The minimum Gasteiger partial charge on any atom is -0.475 e. The molecule has 6 nitrogen and oxygen atoms in total. The Morgan fingerprint density at radius 2 is 1.97 bits per heavy atom. The molecule has 0 radical (unpaired) electrons. The number of carboxylic acids is 1. The normalized spacial score (nSPS) is 18.9. The maximum absolute atomic E-state index is 13.4. The number of aromatic nitrogens is 1. The van der Waals surface area contributed by atoms with Crippen molar-refractivity contribution in [2.75, 3.05) is 13.1 Å². The van der Waals surface area contributed by atoms with Gasteiger partial charge in [0.15, 0.2) is 0 Å². The number of benzene rings is 1. The van der Waals surface area contributed by atoms with Crippen LogP contribution >= 0.6 is 0 Å². The van der Waals surface area contributed by atoms with Gasteiger partial charge in [0.25, 0.3) is 5.92 Å². The zero-order valence-electron chi connectivity index (χ0n) is 15.4. The molecule has 0 bridgehead atoms. The Labute approximate surface area is 162 Å². The molecule has 0 saturated carbocycles. The number of nitrogens with two attached hydrogens (primary N) is 1. The molecule has 1 unspecified atom stereocenters. The number of nitrogens with zero attached hydrogens (tertiary/aromatic N) is 1. The van der Waals surface area contributed by atoms with E-state index in [2.05, 4.69) is 4.98 Å². The lowest BCUT2D eigenvalue weighted by Crippen LogP contribution is -2.56. The van der Waals surface area contributed by atoms with Crippen molar-refractivity contribution in [3.63, 3.8) is 0 Å². The summed E-state index contributed by atoms with van der Waals surface area (Å²) in [6.45, 7) is 1.96. The third kappa shape index (κ3) is 5.66. The zero-order chi connectivity index (χ0) is 22.0. The number of carbonyl (C=O) groups is 2. The molecule has 1 saturated heterocycles. The highest BCUT2D eigenvalue weighted by Crippen LogP contribution is 2.28. The first-order chi connectivity index (χ1) is 13.3. The van der Waals surface area contributed by atoms with Crippen LogP contribution in [0.3, 0.4) is 0 Å². The largest absolute Gasteiger partial charge is 0.490 e. The van der Waals surface area contributed by atoms with E-state index >= 15 is 0 Å². The van der Waals surface area contributed by atoms with Crippen LogP contribution < -0.4 is 5.73 Å². The molecule has 1 amide bonds. The molecular formula is C18H20F5N3O3. The number of aromatic amines is 1. The van der Waals surface area contributed by atoms with E-state index in [0.717, 1.165) is 22.0 Å². The van der Waals surface area contributed by atoms with Gasteiger partial charge in [-0.3, -0.25) is 4.79 Å². The summed E-state index contributed by atoms with van der Waals surface area (Å²) < 4.78 is 58.5. The van der Waals surface area contributed by atoms with Gasteiger partial charge in [0.2, 0.25) is 5.91 Å². The molecule has 160 valence electrons. The Morgan fingerprint density at radius 3 is 2.52 bits per heavy atom. The van der Waals surface area contributed by atoms with Gasteiger partial charge >= 0.3 is 12.1 Å². The summed E-state index contributed by atoms with van der Waals surface area (Å²) in [5.41, 5.74) is 8.44. The fraction of sp³-hybridized carbons (Fsp3) is 0.444. The van der Waals surface area contributed by atoms with Crippen molar-refractivity contribution in [1.82, 2.24) is 9.88 Å². The molecule has 11 heteroatoms. The number of hydrogen-bond donors (Lipinski definition) is 3. The molecule has 1 fully saturated rings. The minimum absolute atomic E-state index is 0.0565. The topological polar surface area (TPSA) is 99.4 Å². The summed E-state index contributed by atoms with van der Waals surface area (Å²) in [7, 11) is 0. The molecule has 3 rings (SSSR count). The molecule has 2 heterocycles. The predicted molar refractivity (Wildman–Crippen MR) is 94.5 cm³/mol. The van der Waals surface area contributed by atoms with E-state index in [1.165, 1.54) is 4.90 Å². The number of amides is 1. The second-order valence-corrected chi connectivity index (χ2v) is 6.80. The zero-order valence-corrected chi connectivity index (χ0v) is 15.4. The Hall–Kier alpha value is -2.69. The van der Waals surface area contributed by atoms with Gasteiger partial charge in [-0.2, -0.15) is 13.2 Å². The van der Waals surface area contributed by atoms with E-state index in [1.807, 2.05) is 25.1 Å². The van der Waals surface area contributed by atoms with Gasteiger partial charge in [-0.1, -0.05) is 11.6 Å². The molecule has 1 atom stereocenters. The minimum atomic E-state index is -5.08. The fourth-order valence-electron chi connectivity index (χ4n) is 2.87. The molecule has 1 aliphatic heterocycles. The van der Waals surface area contributed by atoms with E-state index in [-0.39, 0.29) is 31.8 Å². The van der Waals surface area contributed by atoms with Gasteiger partial charge in [0.1, 0.15) is 0 Å². The first-order valence-electron chi connectivity index (χ1n) is 8.59. The summed E-state index contributed by atoms with van der Waals surface area (Å²) in [6, 6.07) is 4.70. The van der Waals surface area contributed by atoms with Crippen molar-refractivity contribution >= 4 is 22.8 Å². The highest BCUT2D eigenvalue weighted by atomic mass is 19.4. The van der Waals surface area contributed by atoms with E-state index in [0.29, 0.717) is 0 Å². The monoisotopic (exact) mass is 421 g/mol. The van der Waals surface area contributed by atoms with Crippen LogP contribution in [0, 0.1) is 6.92 Å². The van der Waals surface area contributed by atoms with Crippen LogP contribution in [-0.2, 0) is 16.0 Å². The first-order valence-corrected chi connectivity index (χ1v) is 8.59. The summed E-state index contributed by atoms with van der Waals surface area (Å²) in [5, 5.41) is 8.12. The van der Waals surface area contributed by atoms with E-state index in [4.69, 9.17) is 15.6 Å². The fourth-order valence-corrected chi connectivity index (χ4v) is 2.87. The summed E-state index contributed by atoms with van der Waals surface area (Å²) in [6.07, 6.45) is -3.45. The standard InChI is InChI=1S/C16H19F2N3O.C2HF3O2/c1-10-2-3-13-12(6-10)11(8-20-13)7-15(22)21-5-4-16(17,18)14(19)9-21;3-2(4,5)1(6)7/h2-3,6,8,14,20H,4-5,7,9,19H2,1H3;(H,6,7). The van der Waals surface area contributed by atoms with E-state index in [9.17, 15) is 26.7 Å². The Kier molecular flexibility index (Phi) is 6.51. The SMILES string of the molecule is Cc1ccc2[nH]cc(CC(=O)N3CCC(F)(F)C(N)C3)c2c1.O=C(O)C(F)(F)F. The second kappa shape index (κ2) is 8.36. The number of rotatable bonds is 2. The lowest BCUT2D eigenvalue weighted by molar-refractivity contribution is -0.192. The predicted octanol–water partition coefficient (Wildman–Crippen LogP) is 2.85. The molecule has 1 aromatic carbocycles. The highest BCUT2D eigenvalue weighted by Gasteiger charge is 2.43. The van der Waals surface area contributed by atoms with Crippen LogP contribution in [0.2, 0.25) is 0 Å². The number of hydrogen-bond acceptors (Lipinski definition) is 3. The van der Waals surface area contributed by atoms with Crippen molar-refractivity contribution in [2.24, 2.45) is 5.73 Å². The van der Waals surface area contributed by atoms with Gasteiger partial charge in [-0.25, -0.2) is 13.6 Å². The van der Waals surface area contributed by atoms with Crippen molar-refractivity contribution in [3.05, 3.63) is 35.5 Å². The third-order valence-electron chi connectivity index (χ3n) is 4.53. The van der Waals surface area contributed by atoms with Crippen molar-refractivity contribution in [1.29, 1.82) is 0 Å².